The number of carbonyl (C=O) groups is 1. The Balaban J connectivity index is 1.92. The number of alkyl halides is 1. The molecule has 0 aliphatic carbocycles. The zero-order valence-corrected chi connectivity index (χ0v) is 20.9. The summed E-state index contributed by atoms with van der Waals surface area (Å²) in [6.45, 7) is -0.804. The molecule has 1 amide bonds. The molecule has 1 unspecified atom stereocenters. The summed E-state index contributed by atoms with van der Waals surface area (Å²) in [7, 11) is 65.9. The number of aromatic nitrogens is 1. The van der Waals surface area contributed by atoms with Crippen LogP contribution in [0.3, 0.4) is 0 Å². The van der Waals surface area contributed by atoms with Gasteiger partial charge in [-0.1, -0.05) is 22.9 Å². The van der Waals surface area contributed by atoms with Gasteiger partial charge in [-0.2, -0.15) is 0 Å². The second kappa shape index (κ2) is 9.94. The lowest BCUT2D eigenvalue weighted by molar-refractivity contribution is -0.00761. The smallest absolute Gasteiger partial charge is 0.252 e. The molecule has 1 aliphatic heterocycles. The van der Waals surface area contributed by atoms with Gasteiger partial charge in [0.05, 0.1) is 91.3 Å². The van der Waals surface area contributed by atoms with Crippen molar-refractivity contribution in [3.63, 3.8) is 0 Å². The Kier molecular flexibility index (Phi) is 8.16. The molecular weight excluding hydrogens is 491 g/mol. The van der Waals surface area contributed by atoms with E-state index in [9.17, 15) is 9.18 Å². The van der Waals surface area contributed by atoms with Crippen molar-refractivity contribution in [1.82, 2.24) is 15.2 Å². The van der Waals surface area contributed by atoms with Crippen LogP contribution in [-0.2, 0) is 10.5 Å². The number of benzene rings is 1. The first-order valence-electron chi connectivity index (χ1n) is 11.0. The van der Waals surface area contributed by atoms with Gasteiger partial charge in [-0.3, -0.25) is 9.78 Å². The summed E-state index contributed by atoms with van der Waals surface area (Å²) in [6, 6.07) is 5.75. The average molecular weight is 502 g/mol. The van der Waals surface area contributed by atoms with E-state index in [2.05, 4.69) is 10.3 Å². The van der Waals surface area contributed by atoms with Crippen molar-refractivity contribution in [2.75, 3.05) is 6.54 Å². The summed E-state index contributed by atoms with van der Waals surface area (Å²) >= 11 is 5.77. The Morgan fingerprint density at radius 3 is 2.16 bits per heavy atom. The quantitative estimate of drug-likeness (QED) is 0.476. The van der Waals surface area contributed by atoms with Crippen LogP contribution in [0.2, 0.25) is 10.2 Å². The third kappa shape index (κ3) is 5.48. The fourth-order valence-electron chi connectivity index (χ4n) is 4.16. The minimum absolute atomic E-state index is 0.0214. The molecule has 1 aliphatic rings. The maximum Gasteiger partial charge on any atom is 0.252 e. The third-order valence-corrected chi connectivity index (χ3v) is 6.76. The van der Waals surface area contributed by atoms with Crippen LogP contribution in [-0.4, -0.2) is 125 Å². The zero-order valence-electron chi connectivity index (χ0n) is 20.2. The van der Waals surface area contributed by atoms with E-state index >= 15 is 4.39 Å². The topological polar surface area (TPSA) is 45.2 Å². The third-order valence-electron chi connectivity index (χ3n) is 6.47. The van der Waals surface area contributed by atoms with Crippen molar-refractivity contribution >= 4 is 104 Å². The van der Waals surface area contributed by atoms with E-state index in [1.807, 2.05) is 0 Å². The van der Waals surface area contributed by atoms with Crippen molar-refractivity contribution in [2.45, 2.75) is 38.4 Å². The molecule has 38 heavy (non-hydrogen) atoms. The molecule has 0 bridgehead atoms. The monoisotopic (exact) mass is 503 g/mol. The van der Waals surface area contributed by atoms with E-state index in [-0.39, 0.29) is 21.8 Å². The van der Waals surface area contributed by atoms with Gasteiger partial charge in [0.25, 0.3) is 5.91 Å². The number of nitrogens with zero attached hydrogens (tertiary/aromatic N) is 2. The number of piperidine rings is 1. The molecule has 18 heteroatoms. The van der Waals surface area contributed by atoms with Crippen molar-refractivity contribution in [1.29, 1.82) is 0 Å². The minimum Gasteiger partial charge on any atom is -0.363 e. The standard InChI is InChI=1S/C20H11B11ClF2N3O/c21-16(22)7-15(34,8-36-18(26,27)13-4-2-10(6-35-13)17(23,24)25)19(28,29)20(30,31)37(16)14(38)9-1-3-12(33)11(32)5-9/h1-6,36H,7-8H2. The van der Waals surface area contributed by atoms with E-state index in [4.69, 9.17) is 97.9 Å². The number of carbonyl (C=O) groups excluding carboxylic acids is 1. The number of halogens is 3. The number of hydrogen-bond donors (Lipinski definition) is 1. The van der Waals surface area contributed by atoms with E-state index in [1.165, 1.54) is 18.3 Å². The van der Waals surface area contributed by atoms with Gasteiger partial charge >= 0.3 is 0 Å². The summed E-state index contributed by atoms with van der Waals surface area (Å²) in [6.07, 6.45) is 0.337. The first kappa shape index (κ1) is 31.2. The molecule has 3 rings (SSSR count). The lowest BCUT2D eigenvalue weighted by Crippen LogP contribution is -2.79. The Bertz CT molecular complexity index is 1230. The molecule has 0 saturated carbocycles. The van der Waals surface area contributed by atoms with E-state index in [1.54, 1.807) is 0 Å². The maximum absolute atomic E-state index is 16.5. The summed E-state index contributed by atoms with van der Waals surface area (Å²) in [4.78, 5) is 17.9. The number of likely N-dealkylation sites (tertiary alicyclic amines) is 1. The van der Waals surface area contributed by atoms with Crippen molar-refractivity contribution in [2.24, 2.45) is 0 Å². The van der Waals surface area contributed by atoms with Gasteiger partial charge in [-0.25, -0.2) is 8.78 Å². The number of hydrogen-bond acceptors (Lipinski definition) is 3. The second-order valence-corrected chi connectivity index (χ2v) is 10.1. The number of amides is 1. The highest BCUT2D eigenvalue weighted by atomic mass is 35.5. The normalized spacial score (nSPS) is 22.6. The fourth-order valence-corrected chi connectivity index (χ4v) is 4.34. The largest absolute Gasteiger partial charge is 0.363 e. The summed E-state index contributed by atoms with van der Waals surface area (Å²) in [5, 5.41) is -9.26. The van der Waals surface area contributed by atoms with Crippen molar-refractivity contribution in [3.8, 4) is 0 Å². The fraction of sp³-hybridized carbons (Fsp3) is 0.400. The van der Waals surface area contributed by atoms with Gasteiger partial charge in [0.1, 0.15) is 11.5 Å². The molecule has 4 nitrogen and oxygen atoms in total. The summed E-state index contributed by atoms with van der Waals surface area (Å²) in [5.41, 5.74) is -2.75. The molecule has 1 N–H and O–H groups in total. The molecule has 1 atom stereocenters. The van der Waals surface area contributed by atoms with Crippen LogP contribution in [0.5, 0.6) is 0 Å². The van der Waals surface area contributed by atoms with Crippen LogP contribution in [0.4, 0.5) is 8.78 Å². The first-order valence-corrected chi connectivity index (χ1v) is 11.3. The molecule has 22 radical (unpaired) electrons. The molecule has 1 aromatic heterocycles. The Morgan fingerprint density at radius 1 is 1.05 bits per heavy atom. The van der Waals surface area contributed by atoms with Crippen LogP contribution in [0, 0.1) is 5.82 Å². The van der Waals surface area contributed by atoms with E-state index in [0.717, 1.165) is 18.2 Å². The highest BCUT2D eigenvalue weighted by molar-refractivity contribution is 6.59. The molecular formula is C20H11B11ClF2N3O. The maximum atomic E-state index is 16.5. The van der Waals surface area contributed by atoms with Crippen LogP contribution in [0.1, 0.15) is 28.0 Å². The molecule has 2 heterocycles. The van der Waals surface area contributed by atoms with Gasteiger partial charge in [0.2, 0.25) is 0 Å². The Labute approximate surface area is 241 Å². The second-order valence-electron chi connectivity index (χ2n) is 9.68. The molecule has 166 valence electrons. The van der Waals surface area contributed by atoms with Gasteiger partial charge in [0.15, 0.2) is 0 Å². The predicted molar refractivity (Wildman–Crippen MR) is 153 cm³/mol. The van der Waals surface area contributed by atoms with Crippen LogP contribution in [0.25, 0.3) is 0 Å². The number of nitrogens with one attached hydrogen (secondary N) is 1. The molecule has 0 spiro atoms. The number of rotatable bonds is 6. The average Bonchev–Trinajstić information content (AvgIpc) is 2.77. The Morgan fingerprint density at radius 2 is 1.66 bits per heavy atom. The molecule has 2 aromatic rings. The van der Waals surface area contributed by atoms with Gasteiger partial charge in [-0.05, 0) is 52.3 Å². The lowest BCUT2D eigenvalue weighted by Gasteiger charge is -2.68. The minimum atomic E-state index is -2.82. The van der Waals surface area contributed by atoms with Crippen molar-refractivity contribution in [3.05, 3.63) is 64.2 Å². The number of pyridine rings is 1. The molecule has 1 aromatic carbocycles. The highest BCUT2D eigenvalue weighted by Crippen LogP contribution is 2.55. The van der Waals surface area contributed by atoms with Gasteiger partial charge in [-0.15, -0.1) is 5.11 Å². The molecule has 1 fully saturated rings. The zero-order chi connectivity index (χ0) is 29.1. The van der Waals surface area contributed by atoms with Crippen LogP contribution in [0.15, 0.2) is 36.5 Å². The van der Waals surface area contributed by atoms with Gasteiger partial charge in [0, 0.05) is 24.0 Å². The molecule has 1 saturated heterocycles. The lowest BCUT2D eigenvalue weighted by atomic mass is 9.24. The van der Waals surface area contributed by atoms with E-state index < -0.39 is 56.7 Å². The van der Waals surface area contributed by atoms with Crippen molar-refractivity contribution < 1.29 is 13.6 Å². The predicted octanol–water partition coefficient (Wildman–Crippen LogP) is -1.78. The van der Waals surface area contributed by atoms with E-state index in [0.29, 0.717) is 4.90 Å². The first-order chi connectivity index (χ1) is 17.1. The Hall–Kier alpha value is -1.34. The SMILES string of the molecule is [B]C([B])([B])c1ccc(C([B])([B])NCC2(F)CC([B])([B])N(C(=O)c3ccc(F)c(Cl)c3)C([B])([B])C2([B])[B])nc1. The highest BCUT2D eigenvalue weighted by Gasteiger charge is 2.63. The van der Waals surface area contributed by atoms with Crippen LogP contribution >= 0.6 is 11.6 Å². The summed E-state index contributed by atoms with van der Waals surface area (Å²) < 4.78 is 30.2. The van der Waals surface area contributed by atoms with Gasteiger partial charge < -0.3 is 10.2 Å². The van der Waals surface area contributed by atoms with Crippen LogP contribution < -0.4 is 5.32 Å². The summed E-state index contributed by atoms with van der Waals surface area (Å²) in [5.74, 6) is -1.84.